The summed E-state index contributed by atoms with van der Waals surface area (Å²) in [7, 11) is 0. The van der Waals surface area contributed by atoms with E-state index in [1.807, 2.05) is 0 Å². The predicted molar refractivity (Wildman–Crippen MR) is 63.1 cm³/mol. The third kappa shape index (κ3) is 5.03. The van der Waals surface area contributed by atoms with E-state index in [1.54, 1.807) is 0 Å². The summed E-state index contributed by atoms with van der Waals surface area (Å²) >= 11 is 0. The topological polar surface area (TPSA) is 12.0 Å². The first-order valence-corrected chi connectivity index (χ1v) is 5.99. The molecule has 1 aromatic carbocycles. The Kier molecular flexibility index (Phi) is 5.07. The Morgan fingerprint density at radius 2 is 1.55 bits per heavy atom. The van der Waals surface area contributed by atoms with Crippen molar-refractivity contribution in [3.8, 4) is 0 Å². The van der Waals surface area contributed by atoms with Crippen molar-refractivity contribution in [2.24, 2.45) is 0 Å². The Hall–Kier alpha value is -1.24. The fraction of sp³-hybridized carbons (Fsp3) is 0.538. The van der Waals surface area contributed by atoms with Crippen LogP contribution < -0.4 is 5.32 Å². The van der Waals surface area contributed by atoms with Crippen LogP contribution in [-0.4, -0.2) is 12.2 Å². The summed E-state index contributed by atoms with van der Waals surface area (Å²) in [6, 6.07) is 3.06. The van der Waals surface area contributed by atoms with E-state index in [0.29, 0.717) is 0 Å². The van der Waals surface area contributed by atoms with Gasteiger partial charge in [-0.15, -0.1) is 0 Å². The highest BCUT2D eigenvalue weighted by molar-refractivity contribution is 5.32. The van der Waals surface area contributed by atoms with Gasteiger partial charge in [0.2, 0.25) is 0 Å². The summed E-state index contributed by atoms with van der Waals surface area (Å²) in [6.45, 7) is 2.71. The minimum Gasteiger partial charge on any atom is -0.307 e. The van der Waals surface area contributed by atoms with Gasteiger partial charge in [-0.3, -0.25) is 0 Å². The van der Waals surface area contributed by atoms with Crippen LogP contribution in [0.25, 0.3) is 0 Å². The van der Waals surface area contributed by atoms with Gasteiger partial charge in [0.1, 0.15) is 0 Å². The van der Waals surface area contributed by atoms with Gasteiger partial charge >= 0.3 is 12.4 Å². The molecule has 1 rings (SSSR count). The van der Waals surface area contributed by atoms with E-state index in [-0.39, 0.29) is 5.56 Å². The molecule has 0 aliphatic rings. The van der Waals surface area contributed by atoms with Crippen molar-refractivity contribution >= 4 is 0 Å². The Morgan fingerprint density at radius 3 is 2.05 bits per heavy atom. The number of rotatable bonds is 4. The van der Waals surface area contributed by atoms with E-state index in [2.05, 4.69) is 5.32 Å². The zero-order chi connectivity index (χ0) is 15.6. The summed E-state index contributed by atoms with van der Waals surface area (Å²) in [5.74, 6) is 0. The van der Waals surface area contributed by atoms with Crippen LogP contribution in [-0.2, 0) is 6.18 Å². The third-order valence-electron chi connectivity index (χ3n) is 2.80. The lowest BCUT2D eigenvalue weighted by Crippen LogP contribution is -2.34. The van der Waals surface area contributed by atoms with Crippen LogP contribution in [0.2, 0.25) is 0 Å². The Bertz CT molecular complexity index is 437. The number of halogens is 6. The van der Waals surface area contributed by atoms with Gasteiger partial charge in [-0.2, -0.15) is 26.3 Å². The normalized spacial score (nSPS) is 16.0. The zero-order valence-electron chi connectivity index (χ0n) is 10.9. The van der Waals surface area contributed by atoms with E-state index >= 15 is 0 Å². The molecule has 0 bridgehead atoms. The second kappa shape index (κ2) is 6.03. The van der Waals surface area contributed by atoms with E-state index in [1.165, 1.54) is 32.0 Å². The first kappa shape index (κ1) is 16.8. The van der Waals surface area contributed by atoms with Gasteiger partial charge in [-0.1, -0.05) is 18.2 Å². The molecule has 1 N–H and O–H groups in total. The molecule has 2 unspecified atom stereocenters. The molecule has 0 spiro atoms. The number of nitrogens with one attached hydrogen (secondary N) is 1. The van der Waals surface area contributed by atoms with Crippen molar-refractivity contribution in [2.75, 3.05) is 0 Å². The minimum absolute atomic E-state index is 0.0611. The van der Waals surface area contributed by atoms with Gasteiger partial charge in [0.15, 0.2) is 0 Å². The Morgan fingerprint density at radius 1 is 1.00 bits per heavy atom. The van der Waals surface area contributed by atoms with Crippen molar-refractivity contribution in [3.63, 3.8) is 0 Å². The highest BCUT2D eigenvalue weighted by atomic mass is 19.4. The molecule has 0 fully saturated rings. The molecule has 0 aliphatic carbocycles. The Labute approximate surface area is 113 Å². The SMILES string of the molecule is CC(CC(F)(F)F)NC(C)c1ccccc1C(F)(F)F. The van der Waals surface area contributed by atoms with E-state index in [4.69, 9.17) is 0 Å². The number of hydrogen-bond acceptors (Lipinski definition) is 1. The van der Waals surface area contributed by atoms with Crippen molar-refractivity contribution < 1.29 is 26.3 Å². The second-order valence-corrected chi connectivity index (χ2v) is 4.69. The molecule has 0 aliphatic heterocycles. The molecule has 0 saturated heterocycles. The molecule has 114 valence electrons. The first-order chi connectivity index (χ1) is 9.00. The molecule has 20 heavy (non-hydrogen) atoms. The molecule has 1 nitrogen and oxygen atoms in total. The fourth-order valence-corrected chi connectivity index (χ4v) is 2.06. The lowest BCUT2D eigenvalue weighted by molar-refractivity contribution is -0.141. The average molecular weight is 299 g/mol. The maximum Gasteiger partial charge on any atom is 0.416 e. The molecule has 2 atom stereocenters. The van der Waals surface area contributed by atoms with Gasteiger partial charge in [0, 0.05) is 12.1 Å². The summed E-state index contributed by atoms with van der Waals surface area (Å²) < 4.78 is 75.1. The monoisotopic (exact) mass is 299 g/mol. The molecule has 1 aromatic rings. The lowest BCUT2D eigenvalue weighted by atomic mass is 10.00. The number of alkyl halides is 6. The van der Waals surface area contributed by atoms with Crippen LogP contribution in [0, 0.1) is 0 Å². The van der Waals surface area contributed by atoms with Crippen LogP contribution in [0.4, 0.5) is 26.3 Å². The maximum absolute atomic E-state index is 12.8. The summed E-state index contributed by atoms with van der Waals surface area (Å²) in [6.07, 6.45) is -9.97. The molecular formula is C13H15F6N. The van der Waals surface area contributed by atoms with Gasteiger partial charge < -0.3 is 5.32 Å². The summed E-state index contributed by atoms with van der Waals surface area (Å²) in [4.78, 5) is 0. The largest absolute Gasteiger partial charge is 0.416 e. The zero-order valence-corrected chi connectivity index (χ0v) is 10.9. The smallest absolute Gasteiger partial charge is 0.307 e. The third-order valence-corrected chi connectivity index (χ3v) is 2.80. The number of hydrogen-bond donors (Lipinski definition) is 1. The molecular weight excluding hydrogens is 284 g/mol. The highest BCUT2D eigenvalue weighted by Crippen LogP contribution is 2.34. The maximum atomic E-state index is 12.8. The molecule has 7 heteroatoms. The molecule has 0 heterocycles. The van der Waals surface area contributed by atoms with Crippen LogP contribution in [0.15, 0.2) is 24.3 Å². The van der Waals surface area contributed by atoms with Gasteiger partial charge in [0.05, 0.1) is 12.0 Å². The minimum atomic E-state index is -4.53. The van der Waals surface area contributed by atoms with Crippen LogP contribution in [0.1, 0.15) is 37.4 Å². The van der Waals surface area contributed by atoms with Crippen molar-refractivity contribution in [1.82, 2.24) is 5.32 Å². The molecule has 0 saturated carbocycles. The van der Waals surface area contributed by atoms with E-state index in [0.717, 1.165) is 6.07 Å². The summed E-state index contributed by atoms with van der Waals surface area (Å²) in [5, 5.41) is 2.55. The quantitative estimate of drug-likeness (QED) is 0.795. The van der Waals surface area contributed by atoms with Crippen molar-refractivity contribution in [3.05, 3.63) is 35.4 Å². The second-order valence-electron chi connectivity index (χ2n) is 4.69. The van der Waals surface area contributed by atoms with Crippen LogP contribution >= 0.6 is 0 Å². The van der Waals surface area contributed by atoms with Crippen LogP contribution in [0.3, 0.4) is 0 Å². The Balaban J connectivity index is 2.86. The molecule has 0 amide bonds. The first-order valence-electron chi connectivity index (χ1n) is 5.99. The standard InChI is InChI=1S/C13H15F6N/c1-8(7-12(14,15)16)20-9(2)10-5-3-4-6-11(10)13(17,18)19/h3-6,8-9,20H,7H2,1-2H3. The predicted octanol–water partition coefficient (Wildman–Crippen LogP) is 4.70. The molecule has 0 radical (unpaired) electrons. The van der Waals surface area contributed by atoms with Gasteiger partial charge in [-0.25, -0.2) is 0 Å². The van der Waals surface area contributed by atoms with Crippen molar-refractivity contribution in [1.29, 1.82) is 0 Å². The summed E-state index contributed by atoms with van der Waals surface area (Å²) in [5.41, 5.74) is -0.895. The van der Waals surface area contributed by atoms with Gasteiger partial charge in [0.25, 0.3) is 0 Å². The van der Waals surface area contributed by atoms with E-state index < -0.39 is 36.4 Å². The molecule has 0 aromatic heterocycles. The van der Waals surface area contributed by atoms with Crippen molar-refractivity contribution in [2.45, 2.75) is 44.7 Å². The van der Waals surface area contributed by atoms with E-state index in [9.17, 15) is 26.3 Å². The van der Waals surface area contributed by atoms with Crippen LogP contribution in [0.5, 0.6) is 0 Å². The highest BCUT2D eigenvalue weighted by Gasteiger charge is 2.35. The fourth-order valence-electron chi connectivity index (χ4n) is 2.06. The lowest BCUT2D eigenvalue weighted by Gasteiger charge is -2.24. The van der Waals surface area contributed by atoms with Gasteiger partial charge in [-0.05, 0) is 25.5 Å². The number of benzene rings is 1. The average Bonchev–Trinajstić information content (AvgIpc) is 2.25.